The number of amides is 1. The number of carbonyl (C=O) groups is 1. The number of hydrogen-bond acceptors (Lipinski definition) is 6. The minimum atomic E-state index is -0.0406. The van der Waals surface area contributed by atoms with Gasteiger partial charge in [-0.3, -0.25) is 29.5 Å². The average molecular weight is 495 g/mol. The molecule has 3 aromatic heterocycles. The topological polar surface area (TPSA) is 74.2 Å². The Labute approximate surface area is 219 Å². The Morgan fingerprint density at radius 1 is 0.676 bits per heavy atom. The molecular weight excluding hydrogens is 460 g/mol. The van der Waals surface area contributed by atoms with Crippen molar-refractivity contribution in [2.24, 2.45) is 0 Å². The molecule has 4 aromatic rings. The van der Waals surface area contributed by atoms with E-state index >= 15 is 0 Å². The van der Waals surface area contributed by atoms with Crippen LogP contribution in [-0.2, 0) is 30.8 Å². The maximum atomic E-state index is 13.0. The molecule has 0 fully saturated rings. The van der Waals surface area contributed by atoms with Gasteiger partial charge >= 0.3 is 0 Å². The SMILES string of the molecule is CCc1ccc(NC(=O)CN(CCN(Cc2ccccn2)Cc2ccccn2)Cc2ccccn2)cc1. The zero-order chi connectivity index (χ0) is 25.7. The van der Waals surface area contributed by atoms with Crippen molar-refractivity contribution in [2.75, 3.05) is 25.0 Å². The largest absolute Gasteiger partial charge is 0.325 e. The monoisotopic (exact) mass is 494 g/mol. The smallest absolute Gasteiger partial charge is 0.238 e. The molecule has 0 aliphatic heterocycles. The van der Waals surface area contributed by atoms with E-state index < -0.39 is 0 Å². The zero-order valence-corrected chi connectivity index (χ0v) is 21.3. The summed E-state index contributed by atoms with van der Waals surface area (Å²) in [6.45, 7) is 5.82. The van der Waals surface area contributed by atoms with Gasteiger partial charge in [0.2, 0.25) is 5.91 Å². The summed E-state index contributed by atoms with van der Waals surface area (Å²) in [4.78, 5) is 31.0. The Bertz CT molecular complexity index is 1160. The average Bonchev–Trinajstić information content (AvgIpc) is 2.94. The molecule has 190 valence electrons. The zero-order valence-electron chi connectivity index (χ0n) is 21.3. The number of rotatable bonds is 13. The van der Waals surface area contributed by atoms with E-state index in [1.54, 1.807) is 6.20 Å². The standard InChI is InChI=1S/C30H34N6O/c1-2-25-12-14-26(15-13-25)34-30(37)24-36(23-29-11-5-8-18-33-29)20-19-35(21-27-9-3-6-16-31-27)22-28-10-4-7-17-32-28/h3-18H,2,19-24H2,1H3,(H,34,37). The number of nitrogens with zero attached hydrogens (tertiary/aromatic N) is 5. The molecule has 3 heterocycles. The van der Waals surface area contributed by atoms with Gasteiger partial charge in [0.1, 0.15) is 0 Å². The van der Waals surface area contributed by atoms with Gasteiger partial charge in [-0.15, -0.1) is 0 Å². The molecule has 1 N–H and O–H groups in total. The minimum Gasteiger partial charge on any atom is -0.325 e. The van der Waals surface area contributed by atoms with E-state index in [0.29, 0.717) is 26.2 Å². The van der Waals surface area contributed by atoms with Crippen LogP contribution in [0.25, 0.3) is 0 Å². The van der Waals surface area contributed by atoms with E-state index in [1.165, 1.54) is 5.56 Å². The molecule has 37 heavy (non-hydrogen) atoms. The number of carbonyl (C=O) groups excluding carboxylic acids is 1. The molecule has 1 amide bonds. The molecule has 0 saturated heterocycles. The minimum absolute atomic E-state index is 0.0406. The molecule has 0 radical (unpaired) electrons. The summed E-state index contributed by atoms with van der Waals surface area (Å²) in [5.41, 5.74) is 5.00. The summed E-state index contributed by atoms with van der Waals surface area (Å²) in [5.74, 6) is -0.0406. The lowest BCUT2D eigenvalue weighted by atomic mass is 10.1. The molecule has 4 rings (SSSR count). The second kappa shape index (κ2) is 14.0. The van der Waals surface area contributed by atoms with Crippen molar-refractivity contribution in [3.05, 3.63) is 120 Å². The Morgan fingerprint density at radius 3 is 1.62 bits per heavy atom. The van der Waals surface area contributed by atoms with Gasteiger partial charge in [-0.25, -0.2) is 0 Å². The van der Waals surface area contributed by atoms with Crippen LogP contribution in [0.15, 0.2) is 97.5 Å². The second-order valence-electron chi connectivity index (χ2n) is 8.98. The van der Waals surface area contributed by atoms with Crippen LogP contribution in [-0.4, -0.2) is 50.3 Å². The molecule has 0 saturated carbocycles. The van der Waals surface area contributed by atoms with Crippen molar-refractivity contribution < 1.29 is 4.79 Å². The van der Waals surface area contributed by atoms with Crippen molar-refractivity contribution in [3.8, 4) is 0 Å². The fourth-order valence-electron chi connectivity index (χ4n) is 4.10. The van der Waals surface area contributed by atoms with Crippen molar-refractivity contribution in [1.29, 1.82) is 0 Å². The first kappa shape index (κ1) is 26.1. The van der Waals surface area contributed by atoms with Crippen molar-refractivity contribution in [3.63, 3.8) is 0 Å². The lowest BCUT2D eigenvalue weighted by Gasteiger charge is -2.27. The Balaban J connectivity index is 1.44. The molecular formula is C30H34N6O. The third kappa shape index (κ3) is 8.90. The number of pyridine rings is 3. The molecule has 7 heteroatoms. The maximum absolute atomic E-state index is 13.0. The highest BCUT2D eigenvalue weighted by molar-refractivity contribution is 5.92. The lowest BCUT2D eigenvalue weighted by molar-refractivity contribution is -0.117. The van der Waals surface area contributed by atoms with Crippen LogP contribution in [0.3, 0.4) is 0 Å². The van der Waals surface area contributed by atoms with Gasteiger partial charge in [-0.2, -0.15) is 0 Å². The molecule has 0 spiro atoms. The molecule has 0 unspecified atom stereocenters. The predicted octanol–water partition coefficient (Wildman–Crippen LogP) is 4.58. The number of anilines is 1. The van der Waals surface area contributed by atoms with Gasteiger partial charge in [-0.05, 0) is 60.5 Å². The van der Waals surface area contributed by atoms with E-state index in [9.17, 15) is 4.79 Å². The third-order valence-corrected chi connectivity index (χ3v) is 6.08. The highest BCUT2D eigenvalue weighted by Crippen LogP contribution is 2.12. The Kier molecular flexibility index (Phi) is 9.86. The van der Waals surface area contributed by atoms with Gasteiger partial charge in [0, 0.05) is 57.0 Å². The van der Waals surface area contributed by atoms with E-state index in [-0.39, 0.29) is 12.5 Å². The van der Waals surface area contributed by atoms with Gasteiger partial charge in [-0.1, -0.05) is 37.3 Å². The van der Waals surface area contributed by atoms with Gasteiger partial charge in [0.05, 0.1) is 23.6 Å². The summed E-state index contributed by atoms with van der Waals surface area (Å²) in [6.07, 6.45) is 6.40. The number of nitrogens with one attached hydrogen (secondary N) is 1. The molecule has 7 nitrogen and oxygen atoms in total. The molecule has 0 atom stereocenters. The summed E-state index contributed by atoms with van der Waals surface area (Å²) in [6, 6.07) is 25.8. The number of aryl methyl sites for hydroxylation is 1. The normalized spacial score (nSPS) is 11.1. The first-order valence-corrected chi connectivity index (χ1v) is 12.7. The van der Waals surface area contributed by atoms with Crippen LogP contribution in [0.2, 0.25) is 0 Å². The third-order valence-electron chi connectivity index (χ3n) is 6.08. The van der Waals surface area contributed by atoms with Crippen molar-refractivity contribution in [2.45, 2.75) is 33.0 Å². The summed E-state index contributed by atoms with van der Waals surface area (Å²) in [5, 5.41) is 3.04. The van der Waals surface area contributed by atoms with Crippen LogP contribution >= 0.6 is 0 Å². The molecule has 0 aliphatic carbocycles. The van der Waals surface area contributed by atoms with E-state index in [1.807, 2.05) is 91.3 Å². The molecule has 0 aliphatic rings. The molecule has 1 aromatic carbocycles. The summed E-state index contributed by atoms with van der Waals surface area (Å²) < 4.78 is 0. The first-order valence-electron chi connectivity index (χ1n) is 12.7. The molecule has 0 bridgehead atoms. The fourth-order valence-corrected chi connectivity index (χ4v) is 4.10. The van der Waals surface area contributed by atoms with Gasteiger partial charge < -0.3 is 5.32 Å². The van der Waals surface area contributed by atoms with Gasteiger partial charge in [0.15, 0.2) is 0 Å². The number of hydrogen-bond donors (Lipinski definition) is 1. The highest BCUT2D eigenvalue weighted by Gasteiger charge is 2.16. The van der Waals surface area contributed by atoms with E-state index in [0.717, 1.165) is 35.7 Å². The van der Waals surface area contributed by atoms with Crippen LogP contribution < -0.4 is 5.32 Å². The summed E-state index contributed by atoms with van der Waals surface area (Å²) in [7, 11) is 0. The van der Waals surface area contributed by atoms with Gasteiger partial charge in [0.25, 0.3) is 0 Å². The summed E-state index contributed by atoms with van der Waals surface area (Å²) >= 11 is 0. The predicted molar refractivity (Wildman–Crippen MR) is 147 cm³/mol. The Hall–Kier alpha value is -3.94. The lowest BCUT2D eigenvalue weighted by Crippen LogP contribution is -2.39. The second-order valence-corrected chi connectivity index (χ2v) is 8.98. The van der Waals surface area contributed by atoms with Crippen molar-refractivity contribution in [1.82, 2.24) is 24.8 Å². The number of aromatic nitrogens is 3. The quantitative estimate of drug-likeness (QED) is 0.293. The Morgan fingerprint density at radius 2 is 1.16 bits per heavy atom. The number of benzene rings is 1. The van der Waals surface area contributed by atoms with Crippen LogP contribution in [0.1, 0.15) is 29.6 Å². The maximum Gasteiger partial charge on any atom is 0.238 e. The van der Waals surface area contributed by atoms with Crippen LogP contribution in [0, 0.1) is 0 Å². The van der Waals surface area contributed by atoms with E-state index in [2.05, 4.69) is 37.0 Å². The first-order chi connectivity index (χ1) is 18.2. The fraction of sp³-hybridized carbons (Fsp3) is 0.267. The van der Waals surface area contributed by atoms with Crippen LogP contribution in [0.5, 0.6) is 0 Å². The van der Waals surface area contributed by atoms with Crippen LogP contribution in [0.4, 0.5) is 5.69 Å². The van der Waals surface area contributed by atoms with Crippen molar-refractivity contribution >= 4 is 11.6 Å². The highest BCUT2D eigenvalue weighted by atomic mass is 16.2. The van der Waals surface area contributed by atoms with E-state index in [4.69, 9.17) is 0 Å².